The van der Waals surface area contributed by atoms with E-state index in [4.69, 9.17) is 0 Å². The Morgan fingerprint density at radius 1 is 1.45 bits per heavy atom. The number of pyridine rings is 1. The second kappa shape index (κ2) is 6.25. The molecule has 0 aliphatic rings. The van der Waals surface area contributed by atoms with E-state index in [0.29, 0.717) is 23.4 Å². The first-order valence-electron chi connectivity index (χ1n) is 6.37. The number of aryl methyl sites for hydroxylation is 1. The second-order valence-electron chi connectivity index (χ2n) is 4.56. The number of nitro groups is 1. The van der Waals surface area contributed by atoms with E-state index in [0.717, 1.165) is 13.1 Å². The molecule has 7 heteroatoms. The first-order valence-corrected chi connectivity index (χ1v) is 6.37. The third-order valence-corrected chi connectivity index (χ3v) is 3.13. The van der Waals surface area contributed by atoms with Crippen molar-refractivity contribution in [1.82, 2.24) is 20.1 Å². The van der Waals surface area contributed by atoms with Gasteiger partial charge in [0.25, 0.3) is 5.69 Å². The molecule has 0 spiro atoms. The van der Waals surface area contributed by atoms with Gasteiger partial charge in [-0.15, -0.1) is 0 Å². The molecule has 0 unspecified atom stereocenters. The molecule has 1 N–H and O–H groups in total. The van der Waals surface area contributed by atoms with Crippen LogP contribution >= 0.6 is 0 Å². The average Bonchev–Trinajstić information content (AvgIpc) is 2.89. The number of aromatic nitrogens is 3. The molecule has 2 aromatic heterocycles. The fourth-order valence-electron chi connectivity index (χ4n) is 2.06. The zero-order chi connectivity index (χ0) is 14.5. The molecular formula is C13H17N5O2. The molecule has 0 bridgehead atoms. The summed E-state index contributed by atoms with van der Waals surface area (Å²) in [5.41, 5.74) is 2.08. The van der Waals surface area contributed by atoms with E-state index in [-0.39, 0.29) is 10.6 Å². The molecule has 0 saturated carbocycles. The van der Waals surface area contributed by atoms with Crippen molar-refractivity contribution in [3.05, 3.63) is 51.6 Å². The summed E-state index contributed by atoms with van der Waals surface area (Å²) in [6.45, 7) is 5.43. The maximum atomic E-state index is 11.0. The van der Waals surface area contributed by atoms with Crippen molar-refractivity contribution >= 4 is 5.69 Å². The lowest BCUT2D eigenvalue weighted by atomic mass is 10.1. The largest absolute Gasteiger partial charge is 0.309 e. The van der Waals surface area contributed by atoms with Crippen molar-refractivity contribution in [2.75, 3.05) is 6.54 Å². The van der Waals surface area contributed by atoms with Gasteiger partial charge in [-0.2, -0.15) is 5.10 Å². The normalized spacial score (nSPS) is 10.7. The summed E-state index contributed by atoms with van der Waals surface area (Å²) in [6, 6.07) is 1.87. The Morgan fingerprint density at radius 3 is 2.90 bits per heavy atom. The van der Waals surface area contributed by atoms with E-state index >= 15 is 0 Å². The van der Waals surface area contributed by atoms with Crippen LogP contribution in [0.5, 0.6) is 0 Å². The standard InChI is InChI=1S/C13H17N5O2/c1-10-8-15-12(11(2)13(10)18(19)20)9-14-5-7-17-6-3-4-16-17/h3-4,6,8,14H,5,7,9H2,1-2H3. The van der Waals surface area contributed by atoms with Crippen molar-refractivity contribution in [1.29, 1.82) is 0 Å². The van der Waals surface area contributed by atoms with Gasteiger partial charge in [0.1, 0.15) is 0 Å². The van der Waals surface area contributed by atoms with Crippen molar-refractivity contribution in [2.24, 2.45) is 0 Å². The van der Waals surface area contributed by atoms with Crippen LogP contribution in [0.25, 0.3) is 0 Å². The van der Waals surface area contributed by atoms with Crippen molar-refractivity contribution in [3.8, 4) is 0 Å². The van der Waals surface area contributed by atoms with Crippen LogP contribution in [-0.4, -0.2) is 26.2 Å². The maximum absolute atomic E-state index is 11.0. The monoisotopic (exact) mass is 275 g/mol. The zero-order valence-corrected chi connectivity index (χ0v) is 11.5. The first-order chi connectivity index (χ1) is 9.59. The van der Waals surface area contributed by atoms with Crippen LogP contribution in [0, 0.1) is 24.0 Å². The lowest BCUT2D eigenvalue weighted by Gasteiger charge is -2.09. The smallest absolute Gasteiger partial charge is 0.278 e. The number of hydrogen-bond acceptors (Lipinski definition) is 5. The molecule has 20 heavy (non-hydrogen) atoms. The van der Waals surface area contributed by atoms with Gasteiger partial charge >= 0.3 is 0 Å². The SMILES string of the molecule is Cc1cnc(CNCCn2cccn2)c(C)c1[N+](=O)[O-]. The van der Waals surface area contributed by atoms with Crippen LogP contribution < -0.4 is 5.32 Å². The molecular weight excluding hydrogens is 258 g/mol. The van der Waals surface area contributed by atoms with Gasteiger partial charge in [0.05, 0.1) is 17.2 Å². The third-order valence-electron chi connectivity index (χ3n) is 3.13. The molecule has 2 rings (SSSR count). The summed E-state index contributed by atoms with van der Waals surface area (Å²) in [4.78, 5) is 14.9. The lowest BCUT2D eigenvalue weighted by molar-refractivity contribution is -0.386. The van der Waals surface area contributed by atoms with Crippen LogP contribution in [0.2, 0.25) is 0 Å². The maximum Gasteiger partial charge on any atom is 0.278 e. The minimum Gasteiger partial charge on any atom is -0.309 e. The number of nitrogens with zero attached hydrogens (tertiary/aromatic N) is 4. The van der Waals surface area contributed by atoms with Crippen LogP contribution in [0.3, 0.4) is 0 Å². The molecule has 0 saturated heterocycles. The van der Waals surface area contributed by atoms with Crippen molar-refractivity contribution in [3.63, 3.8) is 0 Å². The number of rotatable bonds is 6. The van der Waals surface area contributed by atoms with Gasteiger partial charge in [-0.05, 0) is 19.9 Å². The molecule has 0 atom stereocenters. The van der Waals surface area contributed by atoms with Crippen molar-refractivity contribution in [2.45, 2.75) is 26.9 Å². The van der Waals surface area contributed by atoms with Crippen LogP contribution in [0.1, 0.15) is 16.8 Å². The van der Waals surface area contributed by atoms with Gasteiger partial charge in [-0.3, -0.25) is 19.8 Å². The molecule has 7 nitrogen and oxygen atoms in total. The predicted octanol–water partition coefficient (Wildman–Crippen LogP) is 1.59. The summed E-state index contributed by atoms with van der Waals surface area (Å²) in [6.07, 6.45) is 5.17. The van der Waals surface area contributed by atoms with E-state index in [1.165, 1.54) is 0 Å². The van der Waals surface area contributed by atoms with E-state index in [9.17, 15) is 10.1 Å². The fraction of sp³-hybridized carbons (Fsp3) is 0.385. The average molecular weight is 275 g/mol. The Kier molecular flexibility index (Phi) is 4.41. The van der Waals surface area contributed by atoms with Gasteiger partial charge in [0.15, 0.2) is 0 Å². The summed E-state index contributed by atoms with van der Waals surface area (Å²) in [5, 5.41) is 18.3. The fourth-order valence-corrected chi connectivity index (χ4v) is 2.06. The minimum absolute atomic E-state index is 0.156. The molecule has 106 valence electrons. The Hall–Kier alpha value is -2.28. The molecule has 0 amide bonds. The third kappa shape index (κ3) is 3.18. The number of nitrogens with one attached hydrogen (secondary N) is 1. The zero-order valence-electron chi connectivity index (χ0n) is 11.5. The second-order valence-corrected chi connectivity index (χ2v) is 4.56. The highest BCUT2D eigenvalue weighted by atomic mass is 16.6. The molecule has 0 radical (unpaired) electrons. The Balaban J connectivity index is 1.96. The molecule has 0 aromatic carbocycles. The predicted molar refractivity (Wildman–Crippen MR) is 74.3 cm³/mol. The number of hydrogen-bond donors (Lipinski definition) is 1. The van der Waals surface area contributed by atoms with E-state index in [1.54, 1.807) is 26.2 Å². The van der Waals surface area contributed by atoms with Gasteiger partial charge < -0.3 is 5.32 Å². The van der Waals surface area contributed by atoms with E-state index in [1.807, 2.05) is 16.9 Å². The molecule has 0 aliphatic carbocycles. The van der Waals surface area contributed by atoms with Crippen LogP contribution in [0.4, 0.5) is 5.69 Å². The topological polar surface area (TPSA) is 85.9 Å². The minimum atomic E-state index is -0.348. The first kappa shape index (κ1) is 14.1. The quantitative estimate of drug-likeness (QED) is 0.491. The lowest BCUT2D eigenvalue weighted by Crippen LogP contribution is -2.21. The molecule has 0 aliphatic heterocycles. The van der Waals surface area contributed by atoms with Gasteiger partial charge in [0, 0.05) is 42.8 Å². The highest BCUT2D eigenvalue weighted by molar-refractivity contribution is 5.47. The Labute approximate surface area is 116 Å². The van der Waals surface area contributed by atoms with E-state index in [2.05, 4.69) is 15.4 Å². The Bertz CT molecular complexity index is 595. The Morgan fingerprint density at radius 2 is 2.25 bits per heavy atom. The highest BCUT2D eigenvalue weighted by Crippen LogP contribution is 2.23. The molecule has 2 heterocycles. The molecule has 0 fully saturated rings. The van der Waals surface area contributed by atoms with E-state index < -0.39 is 0 Å². The van der Waals surface area contributed by atoms with Crippen molar-refractivity contribution < 1.29 is 4.92 Å². The van der Waals surface area contributed by atoms with Crippen LogP contribution in [-0.2, 0) is 13.1 Å². The highest BCUT2D eigenvalue weighted by Gasteiger charge is 2.18. The summed E-state index contributed by atoms with van der Waals surface area (Å²) >= 11 is 0. The van der Waals surface area contributed by atoms with Crippen LogP contribution in [0.15, 0.2) is 24.7 Å². The summed E-state index contributed by atoms with van der Waals surface area (Å²) in [5.74, 6) is 0. The molecule has 2 aromatic rings. The summed E-state index contributed by atoms with van der Waals surface area (Å²) < 4.78 is 1.82. The summed E-state index contributed by atoms with van der Waals surface area (Å²) in [7, 11) is 0. The van der Waals surface area contributed by atoms with Gasteiger partial charge in [-0.25, -0.2) is 0 Å². The van der Waals surface area contributed by atoms with Gasteiger partial charge in [0.2, 0.25) is 0 Å². The van der Waals surface area contributed by atoms with Gasteiger partial charge in [-0.1, -0.05) is 0 Å².